The smallest absolute Gasteiger partial charge is 0.271 e. The van der Waals surface area contributed by atoms with Crippen LogP contribution in [-0.2, 0) is 9.59 Å². The van der Waals surface area contributed by atoms with Crippen LogP contribution in [0.4, 0.5) is 5.69 Å². The number of unbranched alkanes of at least 4 members (excludes halogenated alkanes) is 1. The number of nitriles is 1. The van der Waals surface area contributed by atoms with E-state index in [-0.39, 0.29) is 11.5 Å². The van der Waals surface area contributed by atoms with E-state index in [0.29, 0.717) is 17.7 Å². The fourth-order valence-electron chi connectivity index (χ4n) is 3.19. The molecule has 1 heterocycles. The number of anilines is 1. The minimum absolute atomic E-state index is 0.0525. The van der Waals surface area contributed by atoms with Gasteiger partial charge >= 0.3 is 0 Å². The third kappa shape index (κ3) is 4.28. The van der Waals surface area contributed by atoms with Gasteiger partial charge in [-0.3, -0.25) is 14.5 Å². The molecular formula is C22H27N3O2. The molecule has 0 saturated heterocycles. The van der Waals surface area contributed by atoms with Gasteiger partial charge in [0, 0.05) is 30.9 Å². The van der Waals surface area contributed by atoms with Gasteiger partial charge in [-0.05, 0) is 56.5 Å². The SMILES string of the molecule is CCCCN1C(=O)C(C#N)=C(C)/C(=C/c2ccc(N(CC)CC)cc2)C1=O. The third-order valence-corrected chi connectivity index (χ3v) is 4.89. The third-order valence-electron chi connectivity index (χ3n) is 4.89. The molecule has 0 unspecified atom stereocenters. The Balaban J connectivity index is 2.42. The number of benzene rings is 1. The van der Waals surface area contributed by atoms with Crippen molar-refractivity contribution in [3.63, 3.8) is 0 Å². The molecule has 0 fully saturated rings. The first-order valence-corrected chi connectivity index (χ1v) is 9.52. The second kappa shape index (κ2) is 9.18. The zero-order chi connectivity index (χ0) is 20.0. The summed E-state index contributed by atoms with van der Waals surface area (Å²) in [5.41, 5.74) is 2.92. The lowest BCUT2D eigenvalue weighted by atomic mass is 9.93. The van der Waals surface area contributed by atoms with Crippen LogP contribution < -0.4 is 4.90 Å². The maximum atomic E-state index is 12.9. The maximum Gasteiger partial charge on any atom is 0.271 e. The second-order valence-electron chi connectivity index (χ2n) is 6.55. The van der Waals surface area contributed by atoms with Crippen molar-refractivity contribution < 1.29 is 9.59 Å². The van der Waals surface area contributed by atoms with Gasteiger partial charge in [-0.1, -0.05) is 25.5 Å². The predicted octanol–water partition coefficient (Wildman–Crippen LogP) is 3.93. The Morgan fingerprint density at radius 2 is 1.70 bits per heavy atom. The first-order valence-electron chi connectivity index (χ1n) is 9.52. The number of hydrogen-bond acceptors (Lipinski definition) is 4. The van der Waals surface area contributed by atoms with Crippen LogP contribution in [0.5, 0.6) is 0 Å². The van der Waals surface area contributed by atoms with Crippen molar-refractivity contribution in [3.8, 4) is 6.07 Å². The Morgan fingerprint density at radius 1 is 1.07 bits per heavy atom. The van der Waals surface area contributed by atoms with Crippen LogP contribution in [0.15, 0.2) is 41.0 Å². The molecule has 0 aliphatic carbocycles. The first kappa shape index (κ1) is 20.4. The first-order chi connectivity index (χ1) is 13.0. The van der Waals surface area contributed by atoms with E-state index < -0.39 is 5.91 Å². The number of amides is 2. The summed E-state index contributed by atoms with van der Waals surface area (Å²) in [6.45, 7) is 10.1. The number of carbonyl (C=O) groups is 2. The van der Waals surface area contributed by atoms with Crippen LogP contribution in [0.1, 0.15) is 46.1 Å². The van der Waals surface area contributed by atoms with Gasteiger partial charge in [-0.25, -0.2) is 0 Å². The number of nitrogens with zero attached hydrogens (tertiary/aromatic N) is 3. The van der Waals surface area contributed by atoms with Crippen molar-refractivity contribution in [2.45, 2.75) is 40.5 Å². The second-order valence-corrected chi connectivity index (χ2v) is 6.55. The van der Waals surface area contributed by atoms with Crippen LogP contribution >= 0.6 is 0 Å². The molecule has 5 heteroatoms. The van der Waals surface area contributed by atoms with E-state index >= 15 is 0 Å². The Bertz CT molecular complexity index is 809. The van der Waals surface area contributed by atoms with E-state index in [9.17, 15) is 14.9 Å². The zero-order valence-corrected chi connectivity index (χ0v) is 16.6. The maximum absolute atomic E-state index is 12.9. The fraction of sp³-hybridized carbons (Fsp3) is 0.409. The molecule has 0 radical (unpaired) electrons. The molecule has 27 heavy (non-hydrogen) atoms. The molecule has 1 aromatic rings. The molecule has 5 nitrogen and oxygen atoms in total. The highest BCUT2D eigenvalue weighted by Crippen LogP contribution is 2.27. The quantitative estimate of drug-likeness (QED) is 0.542. The van der Waals surface area contributed by atoms with Crippen LogP contribution in [0.25, 0.3) is 6.08 Å². The highest BCUT2D eigenvalue weighted by molar-refractivity contribution is 6.19. The van der Waals surface area contributed by atoms with Crippen molar-refractivity contribution >= 4 is 23.6 Å². The Hall–Kier alpha value is -2.87. The molecule has 2 amide bonds. The molecule has 1 aromatic carbocycles. The van der Waals surface area contributed by atoms with E-state index in [0.717, 1.165) is 37.2 Å². The number of rotatable bonds is 7. The molecular weight excluding hydrogens is 338 g/mol. The minimum Gasteiger partial charge on any atom is -0.372 e. The fourth-order valence-corrected chi connectivity index (χ4v) is 3.19. The van der Waals surface area contributed by atoms with E-state index in [4.69, 9.17) is 0 Å². The monoisotopic (exact) mass is 365 g/mol. The summed E-state index contributed by atoms with van der Waals surface area (Å²) in [6.07, 6.45) is 3.36. The molecule has 2 rings (SSSR count). The molecule has 0 bridgehead atoms. The van der Waals surface area contributed by atoms with Gasteiger partial charge in [0.25, 0.3) is 11.8 Å². The normalized spacial score (nSPS) is 16.1. The number of carbonyl (C=O) groups excluding carboxylic acids is 2. The highest BCUT2D eigenvalue weighted by atomic mass is 16.2. The van der Waals surface area contributed by atoms with Gasteiger partial charge in [-0.2, -0.15) is 5.26 Å². The lowest BCUT2D eigenvalue weighted by molar-refractivity contribution is -0.140. The Kier molecular flexibility index (Phi) is 6.95. The van der Waals surface area contributed by atoms with E-state index in [1.54, 1.807) is 13.0 Å². The summed E-state index contributed by atoms with van der Waals surface area (Å²) in [5.74, 6) is -0.805. The highest BCUT2D eigenvalue weighted by Gasteiger charge is 2.34. The number of imide groups is 1. The molecule has 0 saturated carbocycles. The summed E-state index contributed by atoms with van der Waals surface area (Å²) in [7, 11) is 0. The van der Waals surface area contributed by atoms with Crippen molar-refractivity contribution in [2.75, 3.05) is 24.5 Å². The summed E-state index contributed by atoms with van der Waals surface area (Å²) in [5, 5.41) is 9.40. The predicted molar refractivity (Wildman–Crippen MR) is 108 cm³/mol. The standard InChI is InChI=1S/C22H27N3O2/c1-5-8-13-25-21(26)19(16(4)20(15-23)22(25)27)14-17-9-11-18(12-10-17)24(6-2)7-3/h9-12,14H,5-8,13H2,1-4H3/b19-14-. The van der Waals surface area contributed by atoms with Crippen LogP contribution in [0, 0.1) is 11.3 Å². The zero-order valence-electron chi connectivity index (χ0n) is 16.6. The largest absolute Gasteiger partial charge is 0.372 e. The molecule has 0 aromatic heterocycles. The molecule has 1 aliphatic heterocycles. The van der Waals surface area contributed by atoms with Crippen LogP contribution in [0.2, 0.25) is 0 Å². The summed E-state index contributed by atoms with van der Waals surface area (Å²) in [4.78, 5) is 28.8. The van der Waals surface area contributed by atoms with Gasteiger partial charge in [0.15, 0.2) is 0 Å². The summed E-state index contributed by atoms with van der Waals surface area (Å²) >= 11 is 0. The van der Waals surface area contributed by atoms with E-state index in [1.165, 1.54) is 4.90 Å². The van der Waals surface area contributed by atoms with Gasteiger partial charge in [0.1, 0.15) is 11.6 Å². The van der Waals surface area contributed by atoms with Gasteiger partial charge in [-0.15, -0.1) is 0 Å². The lowest BCUT2D eigenvalue weighted by Crippen LogP contribution is -2.43. The molecule has 0 N–H and O–H groups in total. The minimum atomic E-state index is -0.484. The lowest BCUT2D eigenvalue weighted by Gasteiger charge is -2.27. The summed E-state index contributed by atoms with van der Waals surface area (Å²) in [6, 6.07) is 9.94. The Morgan fingerprint density at radius 3 is 2.22 bits per heavy atom. The van der Waals surface area contributed by atoms with Crippen molar-refractivity contribution in [1.82, 2.24) is 4.90 Å². The average Bonchev–Trinajstić information content (AvgIpc) is 2.67. The van der Waals surface area contributed by atoms with Crippen molar-refractivity contribution in [1.29, 1.82) is 5.26 Å². The summed E-state index contributed by atoms with van der Waals surface area (Å²) < 4.78 is 0. The molecule has 142 valence electrons. The molecule has 0 atom stereocenters. The van der Waals surface area contributed by atoms with Crippen molar-refractivity contribution in [3.05, 3.63) is 46.5 Å². The Labute approximate surface area is 161 Å². The van der Waals surface area contributed by atoms with Gasteiger partial charge < -0.3 is 4.90 Å². The van der Waals surface area contributed by atoms with Crippen LogP contribution in [-0.4, -0.2) is 36.3 Å². The van der Waals surface area contributed by atoms with Gasteiger partial charge in [0.2, 0.25) is 0 Å². The van der Waals surface area contributed by atoms with Crippen LogP contribution in [0.3, 0.4) is 0 Å². The topological polar surface area (TPSA) is 64.4 Å². The van der Waals surface area contributed by atoms with E-state index in [2.05, 4.69) is 18.7 Å². The van der Waals surface area contributed by atoms with Crippen molar-refractivity contribution in [2.24, 2.45) is 0 Å². The van der Waals surface area contributed by atoms with Gasteiger partial charge in [0.05, 0.1) is 0 Å². The molecule has 1 aliphatic rings. The molecule has 0 spiro atoms. The average molecular weight is 365 g/mol. The number of hydrogen-bond donors (Lipinski definition) is 0. The van der Waals surface area contributed by atoms with E-state index in [1.807, 2.05) is 37.3 Å².